The lowest BCUT2D eigenvalue weighted by Gasteiger charge is -2.30. The van der Waals surface area contributed by atoms with E-state index in [1.807, 2.05) is 37.3 Å². The Morgan fingerprint density at radius 1 is 1.29 bits per heavy atom. The third-order valence-electron chi connectivity index (χ3n) is 5.21. The van der Waals surface area contributed by atoms with Gasteiger partial charge in [-0.15, -0.1) is 6.58 Å². The first kappa shape index (κ1) is 20.1. The van der Waals surface area contributed by atoms with Gasteiger partial charge >= 0.3 is 5.69 Å². The number of nitrogens with zero attached hydrogens (tertiary/aromatic N) is 4. The lowest BCUT2D eigenvalue weighted by atomic mass is 9.96. The van der Waals surface area contributed by atoms with Gasteiger partial charge in [-0.2, -0.15) is 5.10 Å². The van der Waals surface area contributed by atoms with E-state index in [1.165, 1.54) is 0 Å². The third kappa shape index (κ3) is 4.78. The molecular formula is C21H29N5O2. The van der Waals surface area contributed by atoms with Crippen LogP contribution in [0.1, 0.15) is 37.1 Å². The molecule has 0 unspecified atom stereocenters. The van der Waals surface area contributed by atoms with Crippen LogP contribution < -0.4 is 11.0 Å². The number of hydrogen-bond donors (Lipinski definition) is 1. The van der Waals surface area contributed by atoms with Crippen molar-refractivity contribution in [2.75, 3.05) is 26.2 Å². The Labute approximate surface area is 165 Å². The van der Waals surface area contributed by atoms with E-state index in [9.17, 15) is 9.59 Å². The van der Waals surface area contributed by atoms with Crippen molar-refractivity contribution in [1.82, 2.24) is 24.6 Å². The molecule has 0 atom stereocenters. The normalized spacial score (nSPS) is 15.5. The topological polar surface area (TPSA) is 72.2 Å². The standard InChI is InChI=1S/C21H29N5O2/c1-3-12-22-19(27)16-24-13-10-18(11-14-24)20-23-26(21(28)25(20)4-2)15-17-8-6-5-7-9-17/h3,5-9,18H,1,4,10-16H2,2H3,(H,22,27). The van der Waals surface area contributed by atoms with Gasteiger partial charge in [0.15, 0.2) is 0 Å². The van der Waals surface area contributed by atoms with Crippen molar-refractivity contribution in [2.24, 2.45) is 0 Å². The minimum Gasteiger partial charge on any atom is -0.352 e. The molecule has 0 saturated carbocycles. The second-order valence-electron chi connectivity index (χ2n) is 7.17. The zero-order valence-corrected chi connectivity index (χ0v) is 16.5. The van der Waals surface area contributed by atoms with Crippen molar-refractivity contribution in [3.05, 3.63) is 64.9 Å². The molecule has 3 rings (SSSR count). The maximum Gasteiger partial charge on any atom is 0.346 e. The zero-order valence-electron chi connectivity index (χ0n) is 16.5. The Morgan fingerprint density at radius 3 is 2.64 bits per heavy atom. The van der Waals surface area contributed by atoms with Crippen molar-refractivity contribution in [2.45, 2.75) is 38.8 Å². The molecule has 150 valence electrons. The van der Waals surface area contributed by atoms with E-state index >= 15 is 0 Å². The van der Waals surface area contributed by atoms with E-state index in [1.54, 1.807) is 15.3 Å². The monoisotopic (exact) mass is 383 g/mol. The summed E-state index contributed by atoms with van der Waals surface area (Å²) in [5.74, 6) is 1.15. The lowest BCUT2D eigenvalue weighted by molar-refractivity contribution is -0.122. The molecule has 1 saturated heterocycles. The highest BCUT2D eigenvalue weighted by atomic mass is 16.2. The number of benzene rings is 1. The largest absolute Gasteiger partial charge is 0.352 e. The Bertz CT molecular complexity index is 847. The summed E-state index contributed by atoms with van der Waals surface area (Å²) in [4.78, 5) is 26.8. The Morgan fingerprint density at radius 2 is 2.00 bits per heavy atom. The SMILES string of the molecule is C=CCNC(=O)CN1CCC(c2nn(Cc3ccccc3)c(=O)n2CC)CC1. The van der Waals surface area contributed by atoms with Gasteiger partial charge in [0.1, 0.15) is 5.82 Å². The summed E-state index contributed by atoms with van der Waals surface area (Å²) in [7, 11) is 0. The number of nitrogens with one attached hydrogen (secondary N) is 1. The first-order valence-electron chi connectivity index (χ1n) is 9.93. The van der Waals surface area contributed by atoms with Crippen molar-refractivity contribution in [3.63, 3.8) is 0 Å². The average Bonchev–Trinajstić information content (AvgIpc) is 3.03. The van der Waals surface area contributed by atoms with Crippen molar-refractivity contribution in [3.8, 4) is 0 Å². The number of aromatic nitrogens is 3. The smallest absolute Gasteiger partial charge is 0.346 e. The molecule has 0 spiro atoms. The minimum atomic E-state index is -0.0485. The highest BCUT2D eigenvalue weighted by Crippen LogP contribution is 2.26. The summed E-state index contributed by atoms with van der Waals surface area (Å²) in [5.41, 5.74) is 1.02. The summed E-state index contributed by atoms with van der Waals surface area (Å²) in [6.45, 7) is 9.26. The van der Waals surface area contributed by atoms with Gasteiger partial charge in [0.2, 0.25) is 5.91 Å². The van der Waals surface area contributed by atoms with E-state index in [2.05, 4.69) is 21.9 Å². The molecule has 0 aliphatic carbocycles. The van der Waals surface area contributed by atoms with E-state index < -0.39 is 0 Å². The van der Waals surface area contributed by atoms with E-state index in [0.29, 0.717) is 26.2 Å². The molecule has 1 aliphatic rings. The van der Waals surface area contributed by atoms with Gasteiger partial charge < -0.3 is 5.32 Å². The molecule has 1 fully saturated rings. The summed E-state index contributed by atoms with van der Waals surface area (Å²) in [6.07, 6.45) is 3.48. The van der Waals surface area contributed by atoms with Gasteiger partial charge in [0, 0.05) is 19.0 Å². The molecule has 28 heavy (non-hydrogen) atoms. The van der Waals surface area contributed by atoms with Gasteiger partial charge in [0.05, 0.1) is 13.1 Å². The summed E-state index contributed by atoms with van der Waals surface area (Å²) in [6, 6.07) is 9.92. The highest BCUT2D eigenvalue weighted by molar-refractivity contribution is 5.78. The molecule has 1 N–H and O–H groups in total. The van der Waals surface area contributed by atoms with Crippen LogP contribution >= 0.6 is 0 Å². The van der Waals surface area contributed by atoms with Crippen LogP contribution in [-0.4, -0.2) is 51.3 Å². The fourth-order valence-corrected chi connectivity index (χ4v) is 3.71. The molecule has 7 heteroatoms. The van der Waals surface area contributed by atoms with Crippen LogP contribution in [0.5, 0.6) is 0 Å². The van der Waals surface area contributed by atoms with Crippen molar-refractivity contribution in [1.29, 1.82) is 0 Å². The predicted molar refractivity (Wildman–Crippen MR) is 109 cm³/mol. The van der Waals surface area contributed by atoms with E-state index in [0.717, 1.165) is 37.3 Å². The summed E-state index contributed by atoms with van der Waals surface area (Å²) < 4.78 is 3.36. The third-order valence-corrected chi connectivity index (χ3v) is 5.21. The number of piperidine rings is 1. The molecule has 1 aromatic heterocycles. The van der Waals surface area contributed by atoms with Crippen LogP contribution in [0.25, 0.3) is 0 Å². The number of carbonyl (C=O) groups excluding carboxylic acids is 1. The van der Waals surface area contributed by atoms with Gasteiger partial charge in [-0.05, 0) is 38.4 Å². The van der Waals surface area contributed by atoms with E-state index in [-0.39, 0.29) is 17.5 Å². The second kappa shape index (κ2) is 9.50. The maximum absolute atomic E-state index is 12.8. The highest BCUT2D eigenvalue weighted by Gasteiger charge is 2.27. The van der Waals surface area contributed by atoms with Gasteiger partial charge in [0.25, 0.3) is 0 Å². The van der Waals surface area contributed by atoms with Crippen LogP contribution in [0.2, 0.25) is 0 Å². The van der Waals surface area contributed by atoms with E-state index in [4.69, 9.17) is 0 Å². The molecule has 1 aliphatic heterocycles. The lowest BCUT2D eigenvalue weighted by Crippen LogP contribution is -2.41. The molecule has 0 bridgehead atoms. The Hall–Kier alpha value is -2.67. The maximum atomic E-state index is 12.8. The quantitative estimate of drug-likeness (QED) is 0.703. The van der Waals surface area contributed by atoms with Crippen LogP contribution in [0, 0.1) is 0 Å². The Kier molecular flexibility index (Phi) is 6.81. The fraction of sp³-hybridized carbons (Fsp3) is 0.476. The fourth-order valence-electron chi connectivity index (χ4n) is 3.71. The molecule has 1 amide bonds. The molecule has 2 heterocycles. The zero-order chi connectivity index (χ0) is 19.9. The number of likely N-dealkylation sites (tertiary alicyclic amines) is 1. The predicted octanol–water partition coefficient (Wildman–Crippen LogP) is 1.59. The molecule has 2 aromatic rings. The Balaban J connectivity index is 1.66. The average molecular weight is 383 g/mol. The number of carbonyl (C=O) groups is 1. The van der Waals surface area contributed by atoms with Crippen molar-refractivity contribution < 1.29 is 4.79 Å². The summed E-state index contributed by atoms with van der Waals surface area (Å²) in [5, 5.41) is 7.50. The summed E-state index contributed by atoms with van der Waals surface area (Å²) >= 11 is 0. The van der Waals surface area contributed by atoms with Gasteiger partial charge in [-0.3, -0.25) is 14.3 Å². The first-order valence-corrected chi connectivity index (χ1v) is 9.93. The first-order chi connectivity index (χ1) is 13.6. The van der Waals surface area contributed by atoms with Crippen LogP contribution in [-0.2, 0) is 17.9 Å². The molecule has 0 radical (unpaired) electrons. The second-order valence-corrected chi connectivity index (χ2v) is 7.17. The molecule has 1 aromatic carbocycles. The number of amides is 1. The van der Waals surface area contributed by atoms with Gasteiger partial charge in [-0.1, -0.05) is 36.4 Å². The number of hydrogen-bond acceptors (Lipinski definition) is 4. The molecular weight excluding hydrogens is 354 g/mol. The van der Waals surface area contributed by atoms with Crippen LogP contribution in [0.3, 0.4) is 0 Å². The van der Waals surface area contributed by atoms with Crippen LogP contribution in [0.4, 0.5) is 0 Å². The minimum absolute atomic E-state index is 0.0240. The van der Waals surface area contributed by atoms with Crippen LogP contribution in [0.15, 0.2) is 47.8 Å². The van der Waals surface area contributed by atoms with Gasteiger partial charge in [-0.25, -0.2) is 9.48 Å². The van der Waals surface area contributed by atoms with Crippen molar-refractivity contribution >= 4 is 5.91 Å². The molecule has 7 nitrogen and oxygen atoms in total. The number of rotatable bonds is 8.